The average Bonchev–Trinajstić information content (AvgIpc) is 3.99. The van der Waals surface area contributed by atoms with Crippen LogP contribution >= 0.6 is 0 Å². The van der Waals surface area contributed by atoms with Crippen molar-refractivity contribution in [2.75, 3.05) is 4.90 Å². The zero-order valence-corrected chi connectivity index (χ0v) is 35.3. The molecule has 0 N–H and O–H groups in total. The Morgan fingerprint density at radius 1 is 0.359 bits per heavy atom. The van der Waals surface area contributed by atoms with E-state index in [9.17, 15) is 0 Å². The zero-order valence-electron chi connectivity index (χ0n) is 35.3. The molecule has 11 aromatic carbocycles. The molecule has 300 valence electrons. The molecule has 13 aromatic rings. The molecule has 0 amide bonds. The predicted octanol–water partition coefficient (Wildman–Crippen LogP) is 17.5. The smallest absolute Gasteiger partial charge is 0.143 e. The molecule has 0 saturated heterocycles. The molecule has 0 fully saturated rings. The first-order valence-corrected chi connectivity index (χ1v) is 22.2. The Balaban J connectivity index is 1.11. The average molecular weight is 818 g/mol. The lowest BCUT2D eigenvalue weighted by atomic mass is 9.82. The molecular formula is C61H39NO2. The van der Waals surface area contributed by atoms with E-state index in [-0.39, 0.29) is 5.41 Å². The maximum absolute atomic E-state index is 7.11. The number of hydrogen-bond donors (Lipinski definition) is 0. The summed E-state index contributed by atoms with van der Waals surface area (Å²) in [5.41, 5.74) is 13.9. The van der Waals surface area contributed by atoms with Gasteiger partial charge < -0.3 is 13.7 Å². The second kappa shape index (κ2) is 12.9. The molecule has 64 heavy (non-hydrogen) atoms. The van der Waals surface area contributed by atoms with Gasteiger partial charge in [-0.1, -0.05) is 159 Å². The molecule has 0 unspecified atom stereocenters. The summed E-state index contributed by atoms with van der Waals surface area (Å²) in [7, 11) is 0. The SMILES string of the molecule is CC1(C)c2ccccc2-c2ccc(N(c3cc(-c4ccc5c6ccccc6c6ccccc6c5c4)c4oc5ccc6oc7ccccc7c6c5c4c3)c3cccc4ccccc34)cc21. The number of nitrogens with zero attached hydrogens (tertiary/aromatic N) is 1. The lowest BCUT2D eigenvalue weighted by Crippen LogP contribution is -2.16. The van der Waals surface area contributed by atoms with Crippen molar-refractivity contribution in [2.24, 2.45) is 0 Å². The van der Waals surface area contributed by atoms with Crippen LogP contribution < -0.4 is 4.90 Å². The molecule has 3 heteroatoms. The van der Waals surface area contributed by atoms with Crippen LogP contribution in [-0.2, 0) is 5.41 Å². The molecule has 14 rings (SSSR count). The van der Waals surface area contributed by atoms with E-state index in [4.69, 9.17) is 8.83 Å². The molecule has 0 radical (unpaired) electrons. The number of para-hydroxylation sites is 1. The highest BCUT2D eigenvalue weighted by Gasteiger charge is 2.36. The number of benzene rings is 11. The second-order valence-corrected chi connectivity index (χ2v) is 18.0. The Kier molecular flexibility index (Phi) is 7.17. The standard InChI is InChI=1S/C61H39NO2/c1-61(2)52-23-11-9-21-46(52)47-29-27-38(35-53(47)61)62(54-24-13-15-36-14-3-4-16-40(36)54)39-33-49(37-26-28-45-43-19-6-5-17-41(43)42-18-7-8-20-44(42)50(45)32-37)60-51(34-39)59-57(64-60)31-30-56-58(59)48-22-10-12-25-55(48)63-56/h3-35H,1-2H3. The van der Waals surface area contributed by atoms with E-state index in [2.05, 4.69) is 213 Å². The normalized spacial score (nSPS) is 13.3. The lowest BCUT2D eigenvalue weighted by Gasteiger charge is -2.29. The van der Waals surface area contributed by atoms with E-state index in [1.54, 1.807) is 0 Å². The number of anilines is 3. The van der Waals surface area contributed by atoms with Crippen LogP contribution in [0, 0.1) is 0 Å². The number of hydrogen-bond acceptors (Lipinski definition) is 3. The molecule has 2 aromatic heterocycles. The maximum Gasteiger partial charge on any atom is 0.143 e. The van der Waals surface area contributed by atoms with Gasteiger partial charge in [0, 0.05) is 49.3 Å². The fourth-order valence-electron chi connectivity index (χ4n) is 11.2. The maximum atomic E-state index is 7.11. The van der Waals surface area contributed by atoms with E-state index in [1.807, 2.05) is 6.07 Å². The fourth-order valence-corrected chi connectivity index (χ4v) is 11.2. The fraction of sp³-hybridized carbons (Fsp3) is 0.0492. The van der Waals surface area contributed by atoms with E-state index < -0.39 is 0 Å². The van der Waals surface area contributed by atoms with Gasteiger partial charge in [-0.2, -0.15) is 0 Å². The third-order valence-corrected chi connectivity index (χ3v) is 14.2. The highest BCUT2D eigenvalue weighted by molar-refractivity contribution is 6.29. The molecule has 0 saturated carbocycles. The van der Waals surface area contributed by atoms with Crippen molar-refractivity contribution in [1.29, 1.82) is 0 Å². The predicted molar refractivity (Wildman–Crippen MR) is 269 cm³/mol. The third-order valence-electron chi connectivity index (χ3n) is 14.2. The Morgan fingerprint density at radius 2 is 0.969 bits per heavy atom. The van der Waals surface area contributed by atoms with Gasteiger partial charge in [-0.15, -0.1) is 0 Å². The third kappa shape index (κ3) is 4.87. The minimum Gasteiger partial charge on any atom is -0.456 e. The Hall–Kier alpha value is -8.14. The van der Waals surface area contributed by atoms with Gasteiger partial charge in [0.2, 0.25) is 0 Å². The minimum atomic E-state index is -0.172. The van der Waals surface area contributed by atoms with Crippen molar-refractivity contribution in [3.05, 3.63) is 211 Å². The Bertz CT molecular complexity index is 4090. The van der Waals surface area contributed by atoms with Gasteiger partial charge >= 0.3 is 0 Å². The van der Waals surface area contributed by atoms with Crippen LogP contribution in [0.4, 0.5) is 17.1 Å². The molecule has 0 atom stereocenters. The van der Waals surface area contributed by atoms with Crippen LogP contribution in [0.25, 0.3) is 109 Å². The van der Waals surface area contributed by atoms with Crippen molar-refractivity contribution in [3.63, 3.8) is 0 Å². The Morgan fingerprint density at radius 3 is 1.77 bits per heavy atom. The Labute approximate surface area is 369 Å². The van der Waals surface area contributed by atoms with Gasteiger partial charge in [0.15, 0.2) is 0 Å². The van der Waals surface area contributed by atoms with Gasteiger partial charge in [0.25, 0.3) is 0 Å². The van der Waals surface area contributed by atoms with Crippen molar-refractivity contribution < 1.29 is 8.83 Å². The molecule has 0 aliphatic heterocycles. The van der Waals surface area contributed by atoms with E-state index in [0.29, 0.717) is 0 Å². The van der Waals surface area contributed by atoms with Crippen LogP contribution in [-0.4, -0.2) is 0 Å². The van der Waals surface area contributed by atoms with Gasteiger partial charge in [-0.05, 0) is 120 Å². The molecule has 1 aliphatic rings. The summed E-state index contributed by atoms with van der Waals surface area (Å²) in [4.78, 5) is 2.47. The van der Waals surface area contributed by atoms with Crippen LogP contribution in [0.5, 0.6) is 0 Å². The summed E-state index contributed by atoms with van der Waals surface area (Å²) in [6, 6.07) is 73.1. The lowest BCUT2D eigenvalue weighted by molar-refractivity contribution is 0.660. The van der Waals surface area contributed by atoms with Gasteiger partial charge in [-0.3, -0.25) is 0 Å². The summed E-state index contributed by atoms with van der Waals surface area (Å²) in [5.74, 6) is 0. The molecule has 0 bridgehead atoms. The first kappa shape index (κ1) is 35.5. The highest BCUT2D eigenvalue weighted by Crippen LogP contribution is 2.53. The van der Waals surface area contributed by atoms with Gasteiger partial charge in [0.05, 0.1) is 5.69 Å². The quantitative estimate of drug-likeness (QED) is 0.166. The first-order valence-electron chi connectivity index (χ1n) is 22.2. The topological polar surface area (TPSA) is 29.5 Å². The van der Waals surface area contributed by atoms with Crippen LogP contribution in [0.1, 0.15) is 25.0 Å². The number of fused-ring (bicyclic) bond motifs is 17. The summed E-state index contributed by atoms with van der Waals surface area (Å²) in [5, 5.41) is 14.1. The van der Waals surface area contributed by atoms with Gasteiger partial charge in [-0.25, -0.2) is 0 Å². The zero-order chi connectivity index (χ0) is 42.3. The molecule has 1 aliphatic carbocycles. The highest BCUT2D eigenvalue weighted by atomic mass is 16.3. The van der Waals surface area contributed by atoms with Crippen molar-refractivity contribution in [3.8, 4) is 22.3 Å². The van der Waals surface area contributed by atoms with Crippen LogP contribution in [0.15, 0.2) is 209 Å². The second-order valence-electron chi connectivity index (χ2n) is 18.0. The van der Waals surface area contributed by atoms with Crippen LogP contribution in [0.2, 0.25) is 0 Å². The van der Waals surface area contributed by atoms with E-state index in [1.165, 1.54) is 65.3 Å². The summed E-state index contributed by atoms with van der Waals surface area (Å²) >= 11 is 0. The molecule has 3 nitrogen and oxygen atoms in total. The monoisotopic (exact) mass is 817 g/mol. The van der Waals surface area contributed by atoms with Crippen molar-refractivity contribution >= 4 is 104 Å². The first-order chi connectivity index (χ1) is 31.5. The summed E-state index contributed by atoms with van der Waals surface area (Å²) in [6.07, 6.45) is 0. The summed E-state index contributed by atoms with van der Waals surface area (Å²) < 4.78 is 13.6. The number of furan rings is 2. The van der Waals surface area contributed by atoms with Crippen molar-refractivity contribution in [1.82, 2.24) is 0 Å². The number of rotatable bonds is 4. The molecule has 0 spiro atoms. The van der Waals surface area contributed by atoms with Crippen LogP contribution in [0.3, 0.4) is 0 Å². The van der Waals surface area contributed by atoms with Crippen molar-refractivity contribution in [2.45, 2.75) is 19.3 Å². The minimum absolute atomic E-state index is 0.172. The molecular weight excluding hydrogens is 779 g/mol. The van der Waals surface area contributed by atoms with Gasteiger partial charge in [0.1, 0.15) is 22.3 Å². The largest absolute Gasteiger partial charge is 0.456 e. The summed E-state index contributed by atoms with van der Waals surface area (Å²) in [6.45, 7) is 4.72. The molecule has 2 heterocycles. The van der Waals surface area contributed by atoms with E-state index in [0.717, 1.165) is 72.1 Å². The van der Waals surface area contributed by atoms with E-state index >= 15 is 0 Å².